The minimum absolute atomic E-state index is 0.289. The van der Waals surface area contributed by atoms with Crippen molar-refractivity contribution in [2.75, 3.05) is 0 Å². The van der Waals surface area contributed by atoms with Crippen LogP contribution >= 0.6 is 0 Å². The molecule has 1 aromatic heterocycles. The summed E-state index contributed by atoms with van der Waals surface area (Å²) in [4.78, 5) is 7.76. The summed E-state index contributed by atoms with van der Waals surface area (Å²) in [6.07, 6.45) is 2.84. The predicted octanol–water partition coefficient (Wildman–Crippen LogP) is 1.53. The van der Waals surface area contributed by atoms with Crippen LogP contribution in [0.1, 0.15) is 26.5 Å². The van der Waals surface area contributed by atoms with E-state index in [2.05, 4.69) is 9.97 Å². The van der Waals surface area contributed by atoms with Gasteiger partial charge in [0.25, 0.3) is 0 Å². The Bertz CT molecular complexity index is 318. The summed E-state index contributed by atoms with van der Waals surface area (Å²) in [5.41, 5.74) is 0.00398. The number of nitriles is 1. The second-order valence-electron chi connectivity index (χ2n) is 3.57. The normalized spacial score (nSPS) is 10.6. The van der Waals surface area contributed by atoms with Gasteiger partial charge in [-0.2, -0.15) is 5.26 Å². The Morgan fingerprint density at radius 3 is 2.38 bits per heavy atom. The second-order valence-corrected chi connectivity index (χ2v) is 3.57. The summed E-state index contributed by atoms with van der Waals surface area (Å²) in [6, 6.07) is 1.89. The van der Waals surface area contributed by atoms with E-state index in [-0.39, 0.29) is 5.60 Å². The molecule has 1 heterocycles. The van der Waals surface area contributed by atoms with Gasteiger partial charge in [0.2, 0.25) is 5.88 Å². The minimum Gasteiger partial charge on any atom is -0.471 e. The number of aromatic nitrogens is 2. The summed E-state index contributed by atoms with van der Waals surface area (Å²) in [6.45, 7) is 5.77. The molecular weight excluding hydrogens is 166 g/mol. The third-order valence-corrected chi connectivity index (χ3v) is 1.15. The Balaban J connectivity index is 2.77. The number of hydrogen-bond donors (Lipinski definition) is 0. The highest BCUT2D eigenvalue weighted by Gasteiger charge is 2.12. The molecule has 68 valence electrons. The van der Waals surface area contributed by atoms with Gasteiger partial charge in [0, 0.05) is 0 Å². The second kappa shape index (κ2) is 3.40. The third kappa shape index (κ3) is 3.08. The summed E-state index contributed by atoms with van der Waals surface area (Å²) in [5.74, 6) is 0.437. The van der Waals surface area contributed by atoms with Crippen LogP contribution in [0.5, 0.6) is 5.88 Å². The van der Waals surface area contributed by atoms with Gasteiger partial charge in [-0.3, -0.25) is 0 Å². The van der Waals surface area contributed by atoms with Crippen LogP contribution < -0.4 is 4.74 Å². The van der Waals surface area contributed by atoms with E-state index in [0.29, 0.717) is 11.6 Å². The molecule has 0 N–H and O–H groups in total. The van der Waals surface area contributed by atoms with Crippen LogP contribution in [0, 0.1) is 11.3 Å². The first-order valence-electron chi connectivity index (χ1n) is 3.92. The zero-order chi connectivity index (χ0) is 9.90. The van der Waals surface area contributed by atoms with Crippen molar-refractivity contribution in [3.63, 3.8) is 0 Å². The molecule has 0 spiro atoms. The molecule has 0 aliphatic heterocycles. The standard InChI is InChI=1S/C9H11N3O/c1-9(2,3)13-8-6-11-7(4-10)5-12-8/h5-6H,1-3H3. The first kappa shape index (κ1) is 9.46. The highest BCUT2D eigenvalue weighted by atomic mass is 16.5. The lowest BCUT2D eigenvalue weighted by molar-refractivity contribution is 0.123. The number of rotatable bonds is 1. The highest BCUT2D eigenvalue weighted by Crippen LogP contribution is 2.13. The lowest BCUT2D eigenvalue weighted by Gasteiger charge is -2.19. The number of ether oxygens (including phenoxy) is 1. The molecule has 0 aliphatic rings. The molecule has 0 amide bonds. The zero-order valence-electron chi connectivity index (χ0n) is 7.90. The fraction of sp³-hybridized carbons (Fsp3) is 0.444. The Morgan fingerprint density at radius 1 is 1.31 bits per heavy atom. The fourth-order valence-corrected chi connectivity index (χ4v) is 0.740. The molecule has 0 radical (unpaired) electrons. The van der Waals surface area contributed by atoms with Crippen LogP contribution in [0.3, 0.4) is 0 Å². The molecule has 0 aromatic carbocycles. The average Bonchev–Trinajstić information content (AvgIpc) is 2.03. The molecule has 13 heavy (non-hydrogen) atoms. The van der Waals surface area contributed by atoms with Crippen molar-refractivity contribution in [2.45, 2.75) is 26.4 Å². The van der Waals surface area contributed by atoms with E-state index in [4.69, 9.17) is 10.00 Å². The zero-order valence-corrected chi connectivity index (χ0v) is 7.90. The maximum Gasteiger partial charge on any atom is 0.232 e. The van der Waals surface area contributed by atoms with Crippen molar-refractivity contribution in [1.82, 2.24) is 9.97 Å². The van der Waals surface area contributed by atoms with Crippen molar-refractivity contribution < 1.29 is 4.74 Å². The maximum absolute atomic E-state index is 8.47. The molecule has 1 aromatic rings. The monoisotopic (exact) mass is 177 g/mol. The molecular formula is C9H11N3O. The highest BCUT2D eigenvalue weighted by molar-refractivity contribution is 5.18. The Labute approximate surface area is 77.2 Å². The van der Waals surface area contributed by atoms with Crippen LogP contribution in [0.4, 0.5) is 0 Å². The average molecular weight is 177 g/mol. The number of nitrogens with zero attached hydrogens (tertiary/aromatic N) is 3. The lowest BCUT2D eigenvalue weighted by Crippen LogP contribution is -2.23. The van der Waals surface area contributed by atoms with Crippen molar-refractivity contribution in [3.05, 3.63) is 18.1 Å². The van der Waals surface area contributed by atoms with Gasteiger partial charge in [-0.25, -0.2) is 9.97 Å². The van der Waals surface area contributed by atoms with Gasteiger partial charge in [-0.15, -0.1) is 0 Å². The van der Waals surface area contributed by atoms with Crippen LogP contribution in [-0.4, -0.2) is 15.6 Å². The van der Waals surface area contributed by atoms with Gasteiger partial charge < -0.3 is 4.74 Å². The van der Waals surface area contributed by atoms with E-state index in [1.807, 2.05) is 26.8 Å². The first-order valence-corrected chi connectivity index (χ1v) is 3.92. The molecule has 4 heteroatoms. The van der Waals surface area contributed by atoms with Crippen LogP contribution in [0.25, 0.3) is 0 Å². The fourth-order valence-electron chi connectivity index (χ4n) is 0.740. The number of hydrogen-bond acceptors (Lipinski definition) is 4. The van der Waals surface area contributed by atoms with Gasteiger partial charge in [-0.1, -0.05) is 0 Å². The predicted molar refractivity (Wildman–Crippen MR) is 47.1 cm³/mol. The van der Waals surface area contributed by atoms with E-state index in [1.165, 1.54) is 12.4 Å². The molecule has 0 unspecified atom stereocenters. The molecule has 0 atom stereocenters. The van der Waals surface area contributed by atoms with Gasteiger partial charge >= 0.3 is 0 Å². The van der Waals surface area contributed by atoms with E-state index in [0.717, 1.165) is 0 Å². The van der Waals surface area contributed by atoms with E-state index < -0.39 is 0 Å². The van der Waals surface area contributed by atoms with E-state index in [1.54, 1.807) is 0 Å². The molecule has 0 aliphatic carbocycles. The van der Waals surface area contributed by atoms with Gasteiger partial charge in [0.1, 0.15) is 11.7 Å². The van der Waals surface area contributed by atoms with Gasteiger partial charge in [0.05, 0.1) is 12.4 Å². The van der Waals surface area contributed by atoms with Gasteiger partial charge in [0.15, 0.2) is 5.69 Å². The van der Waals surface area contributed by atoms with E-state index in [9.17, 15) is 0 Å². The molecule has 0 saturated carbocycles. The minimum atomic E-state index is -0.289. The topological polar surface area (TPSA) is 58.8 Å². The molecule has 4 nitrogen and oxygen atoms in total. The van der Waals surface area contributed by atoms with E-state index >= 15 is 0 Å². The largest absolute Gasteiger partial charge is 0.471 e. The molecule has 0 bridgehead atoms. The quantitative estimate of drug-likeness (QED) is 0.652. The Kier molecular flexibility index (Phi) is 2.47. The molecule has 0 fully saturated rings. The summed E-state index contributed by atoms with van der Waals surface area (Å²) >= 11 is 0. The lowest BCUT2D eigenvalue weighted by atomic mass is 10.2. The Morgan fingerprint density at radius 2 is 2.00 bits per heavy atom. The van der Waals surface area contributed by atoms with Crippen molar-refractivity contribution in [2.24, 2.45) is 0 Å². The van der Waals surface area contributed by atoms with Crippen molar-refractivity contribution in [1.29, 1.82) is 5.26 Å². The maximum atomic E-state index is 8.47. The summed E-state index contributed by atoms with van der Waals surface area (Å²) in [7, 11) is 0. The SMILES string of the molecule is CC(C)(C)Oc1cnc(C#N)cn1. The molecule has 1 rings (SSSR count). The molecule has 0 saturated heterocycles. The van der Waals surface area contributed by atoms with Crippen LogP contribution in [0.15, 0.2) is 12.4 Å². The third-order valence-electron chi connectivity index (χ3n) is 1.15. The van der Waals surface area contributed by atoms with Crippen LogP contribution in [-0.2, 0) is 0 Å². The smallest absolute Gasteiger partial charge is 0.232 e. The van der Waals surface area contributed by atoms with Crippen molar-refractivity contribution in [3.8, 4) is 11.9 Å². The first-order chi connectivity index (χ1) is 6.01. The van der Waals surface area contributed by atoms with Crippen LogP contribution in [0.2, 0.25) is 0 Å². The Hall–Kier alpha value is -1.63. The summed E-state index contributed by atoms with van der Waals surface area (Å²) in [5, 5.41) is 8.47. The van der Waals surface area contributed by atoms with Gasteiger partial charge in [-0.05, 0) is 20.8 Å². The van der Waals surface area contributed by atoms with Crippen molar-refractivity contribution >= 4 is 0 Å². The summed E-state index contributed by atoms with van der Waals surface area (Å²) < 4.78 is 5.42.